The first kappa shape index (κ1) is 35.5. The van der Waals surface area contributed by atoms with Crippen molar-refractivity contribution >= 4 is 11.8 Å². The first-order valence-corrected chi connectivity index (χ1v) is 18.3. The molecule has 0 radical (unpaired) electrons. The highest BCUT2D eigenvalue weighted by atomic mass is 16.2. The van der Waals surface area contributed by atoms with E-state index in [0.29, 0.717) is 12.2 Å². The van der Waals surface area contributed by atoms with Crippen molar-refractivity contribution < 1.29 is 9.59 Å². The minimum atomic E-state index is -0.144. The molecule has 4 aromatic carbocycles. The summed E-state index contributed by atoms with van der Waals surface area (Å²) in [5, 5.41) is 14.3. The molecule has 4 heterocycles. The summed E-state index contributed by atoms with van der Waals surface area (Å²) in [6, 6.07) is 36.1. The highest BCUT2D eigenvalue weighted by Gasteiger charge is 2.32. The molecule has 2 aliphatic heterocycles. The van der Waals surface area contributed by atoms with Crippen molar-refractivity contribution in [2.75, 3.05) is 33.7 Å². The molecule has 2 atom stereocenters. The Morgan fingerprint density at radius 2 is 1.38 bits per heavy atom. The Labute approximate surface area is 310 Å². The molecule has 2 saturated heterocycles. The molecule has 2 unspecified atom stereocenters. The molecule has 2 fully saturated rings. The molecule has 2 aromatic heterocycles. The molecule has 11 nitrogen and oxygen atoms in total. The summed E-state index contributed by atoms with van der Waals surface area (Å²) in [6.45, 7) is 2.57. The molecule has 0 bridgehead atoms. The monoisotopic (exact) mass is 707 g/mol. The van der Waals surface area contributed by atoms with Crippen LogP contribution in [0.1, 0.15) is 54.7 Å². The van der Waals surface area contributed by atoms with E-state index in [2.05, 4.69) is 49.6 Å². The summed E-state index contributed by atoms with van der Waals surface area (Å²) in [6.07, 6.45) is 6.03. The lowest BCUT2D eigenvalue weighted by atomic mass is 10.0. The van der Waals surface area contributed by atoms with Crippen LogP contribution >= 0.6 is 0 Å². The highest BCUT2D eigenvalue weighted by molar-refractivity contribution is 5.83. The van der Waals surface area contributed by atoms with Gasteiger partial charge in [0.25, 0.3) is 0 Å². The Bertz CT molecular complexity index is 2060. The van der Waals surface area contributed by atoms with Gasteiger partial charge in [-0.3, -0.25) is 24.7 Å². The predicted octanol–water partition coefficient (Wildman–Crippen LogP) is 6.74. The summed E-state index contributed by atoms with van der Waals surface area (Å²) < 4.78 is 0. The van der Waals surface area contributed by atoms with Crippen LogP contribution in [0.15, 0.2) is 116 Å². The number of carbonyl (C=O) groups excluding carboxylic acids is 2. The van der Waals surface area contributed by atoms with Crippen LogP contribution in [0.2, 0.25) is 0 Å². The van der Waals surface area contributed by atoms with E-state index in [1.54, 1.807) is 0 Å². The largest absolute Gasteiger partial charge is 0.341 e. The van der Waals surface area contributed by atoms with Gasteiger partial charge in [-0.2, -0.15) is 10.2 Å². The van der Waals surface area contributed by atoms with Crippen molar-refractivity contribution in [3.8, 4) is 33.9 Å². The summed E-state index contributed by atoms with van der Waals surface area (Å²) in [5.74, 6) is 2.49. The van der Waals surface area contributed by atoms with Gasteiger partial charge in [0, 0.05) is 30.8 Å². The molecular formula is C42H45N9O2. The molecule has 11 heteroatoms. The Morgan fingerprint density at radius 3 is 2.00 bits per heavy atom. The molecule has 0 aliphatic carbocycles. The van der Waals surface area contributed by atoms with Crippen LogP contribution in [0, 0.1) is 0 Å². The Morgan fingerprint density at radius 1 is 0.755 bits per heavy atom. The lowest BCUT2D eigenvalue weighted by Crippen LogP contribution is -2.38. The molecule has 2 N–H and O–H groups in total. The zero-order chi connectivity index (χ0) is 36.6. The molecule has 6 aromatic rings. The van der Waals surface area contributed by atoms with E-state index >= 15 is 0 Å². The molecule has 2 aliphatic rings. The molecular weight excluding hydrogens is 663 g/mol. The van der Waals surface area contributed by atoms with Gasteiger partial charge < -0.3 is 9.80 Å². The summed E-state index contributed by atoms with van der Waals surface area (Å²) in [4.78, 5) is 40.3. The van der Waals surface area contributed by atoms with E-state index < -0.39 is 0 Å². The number of likely N-dealkylation sites (N-methyl/N-ethyl adjacent to an activating group) is 1. The van der Waals surface area contributed by atoms with Gasteiger partial charge in [0.1, 0.15) is 18.2 Å². The number of nitrogens with one attached hydrogen (secondary N) is 2. The predicted molar refractivity (Wildman–Crippen MR) is 205 cm³/mol. The summed E-state index contributed by atoms with van der Waals surface area (Å²) >= 11 is 0. The topological polar surface area (TPSA) is 127 Å². The first-order valence-electron chi connectivity index (χ1n) is 18.3. The van der Waals surface area contributed by atoms with Crippen LogP contribution in [0.5, 0.6) is 0 Å². The number of benzene rings is 4. The van der Waals surface area contributed by atoms with E-state index in [4.69, 9.17) is 4.98 Å². The summed E-state index contributed by atoms with van der Waals surface area (Å²) in [7, 11) is 3.93. The fourth-order valence-corrected chi connectivity index (χ4v) is 7.16. The second-order valence-corrected chi connectivity index (χ2v) is 13.7. The van der Waals surface area contributed by atoms with Crippen molar-refractivity contribution in [2.45, 2.75) is 44.2 Å². The Balaban J connectivity index is 0.000000215. The maximum absolute atomic E-state index is 13.0. The molecule has 53 heavy (non-hydrogen) atoms. The fraction of sp³-hybridized carbons (Fsp3) is 0.286. The zero-order valence-electron chi connectivity index (χ0n) is 30.2. The third-order valence-corrected chi connectivity index (χ3v) is 9.92. The number of nitrogens with zero attached hydrogens (tertiary/aromatic N) is 7. The lowest BCUT2D eigenvalue weighted by Gasteiger charge is -2.28. The number of rotatable bonds is 9. The van der Waals surface area contributed by atoms with E-state index in [1.165, 1.54) is 6.33 Å². The third kappa shape index (κ3) is 8.42. The average molecular weight is 708 g/mol. The van der Waals surface area contributed by atoms with E-state index in [9.17, 15) is 9.59 Å². The Hall–Kier alpha value is -5.94. The van der Waals surface area contributed by atoms with Crippen molar-refractivity contribution in [3.05, 3.63) is 132 Å². The van der Waals surface area contributed by atoms with Gasteiger partial charge in [-0.1, -0.05) is 109 Å². The number of H-pyrrole nitrogens is 2. The van der Waals surface area contributed by atoms with E-state index in [0.717, 1.165) is 90.3 Å². The van der Waals surface area contributed by atoms with Crippen molar-refractivity contribution in [3.63, 3.8) is 0 Å². The number of hydrogen-bond acceptors (Lipinski definition) is 7. The minimum Gasteiger partial charge on any atom is -0.341 e. The maximum atomic E-state index is 13.0. The van der Waals surface area contributed by atoms with E-state index in [1.807, 2.05) is 114 Å². The van der Waals surface area contributed by atoms with Crippen molar-refractivity contribution in [1.29, 1.82) is 0 Å². The Kier molecular flexibility index (Phi) is 11.1. The number of hydrogen-bond donors (Lipinski definition) is 2. The van der Waals surface area contributed by atoms with Gasteiger partial charge in [0.2, 0.25) is 11.8 Å². The third-order valence-electron chi connectivity index (χ3n) is 9.92. The average Bonchev–Trinajstić information content (AvgIpc) is 4.04. The van der Waals surface area contributed by atoms with Gasteiger partial charge in [0.15, 0.2) is 11.6 Å². The van der Waals surface area contributed by atoms with Crippen LogP contribution in [-0.2, 0) is 16.0 Å². The second kappa shape index (κ2) is 16.6. The second-order valence-electron chi connectivity index (χ2n) is 13.7. The summed E-state index contributed by atoms with van der Waals surface area (Å²) in [5.41, 5.74) is 6.24. The first-order chi connectivity index (χ1) is 25.9. The minimum absolute atomic E-state index is 0.0652. The zero-order valence-corrected chi connectivity index (χ0v) is 30.2. The van der Waals surface area contributed by atoms with Crippen molar-refractivity contribution in [2.24, 2.45) is 0 Å². The molecule has 270 valence electrons. The number of carbonyl (C=O) groups is 2. The maximum Gasteiger partial charge on any atom is 0.244 e. The molecule has 0 saturated carbocycles. The number of aromatic amines is 2. The van der Waals surface area contributed by atoms with Gasteiger partial charge in [-0.25, -0.2) is 9.97 Å². The SMILES string of the molecule is CN(C)C(C(=O)N1CCCC1)c1ccccc1.O=C(Cc1ccccc1)N1CCCC1c1nc(-c2ccc(-c3ccc(-c4ncn[nH]4)cc3)cc2)n[nH]1. The number of likely N-dealkylation sites (tertiary alicyclic amines) is 2. The standard InChI is InChI=1S/C28H25N7O.C14H20N2O/c36-25(17-19-5-2-1-3-6-19)35-16-4-7-24(35)28-31-27(33-34-28)23-14-10-21(11-15-23)20-8-12-22(13-9-20)26-29-18-30-32-26;1-15(2)13(12-8-4-3-5-9-12)14(17)16-10-6-7-11-16/h1-3,5-6,8-15,18,24H,4,7,16-17H2,(H,29,30,32)(H,31,33,34);3-5,8-9,13H,6-7,10-11H2,1-2H3. The number of amides is 2. The normalized spacial score (nSPS) is 16.0. The van der Waals surface area contributed by atoms with Gasteiger partial charge >= 0.3 is 0 Å². The van der Waals surface area contributed by atoms with Gasteiger partial charge in [-0.15, -0.1) is 0 Å². The smallest absolute Gasteiger partial charge is 0.244 e. The van der Waals surface area contributed by atoms with Crippen LogP contribution < -0.4 is 0 Å². The van der Waals surface area contributed by atoms with Gasteiger partial charge in [-0.05, 0) is 62.0 Å². The van der Waals surface area contributed by atoms with Gasteiger partial charge in [0.05, 0.1) is 12.5 Å². The van der Waals surface area contributed by atoms with Crippen LogP contribution in [-0.4, -0.2) is 90.6 Å². The molecule has 0 spiro atoms. The fourth-order valence-electron chi connectivity index (χ4n) is 7.16. The van der Waals surface area contributed by atoms with E-state index in [-0.39, 0.29) is 23.9 Å². The highest BCUT2D eigenvalue weighted by Crippen LogP contribution is 2.32. The van der Waals surface area contributed by atoms with Crippen LogP contribution in [0.3, 0.4) is 0 Å². The quantitative estimate of drug-likeness (QED) is 0.170. The number of aromatic nitrogens is 6. The lowest BCUT2D eigenvalue weighted by molar-refractivity contribution is -0.135. The van der Waals surface area contributed by atoms with Crippen LogP contribution in [0.4, 0.5) is 0 Å². The molecule has 2 amide bonds. The molecule has 8 rings (SSSR count). The van der Waals surface area contributed by atoms with Crippen LogP contribution in [0.25, 0.3) is 33.9 Å². The van der Waals surface area contributed by atoms with Crippen molar-refractivity contribution in [1.82, 2.24) is 45.1 Å².